The lowest BCUT2D eigenvalue weighted by Gasteiger charge is -2.22. The number of rotatable bonds is 8. The first-order valence-corrected chi connectivity index (χ1v) is 12.4. The molecule has 11 heteroatoms. The molecule has 1 fully saturated rings. The molecule has 2 aromatic heterocycles. The monoisotopic (exact) mass is 471 g/mol. The Kier molecular flexibility index (Phi) is 6.70. The van der Waals surface area contributed by atoms with Crippen LogP contribution in [0, 0.1) is 5.82 Å². The normalized spacial score (nSPS) is 17.1. The highest BCUT2D eigenvalue weighted by Gasteiger charge is 2.26. The van der Waals surface area contributed by atoms with E-state index in [0.717, 1.165) is 11.3 Å². The third-order valence-electron chi connectivity index (χ3n) is 5.30. The molecule has 0 aliphatic carbocycles. The molecule has 0 saturated carbocycles. The zero-order valence-corrected chi connectivity index (χ0v) is 19.2. The van der Waals surface area contributed by atoms with Gasteiger partial charge in [-0.1, -0.05) is 12.1 Å². The van der Waals surface area contributed by atoms with Crippen LogP contribution < -0.4 is 20.3 Å². The summed E-state index contributed by atoms with van der Waals surface area (Å²) in [6.07, 6.45) is 6.65. The maximum Gasteiger partial charge on any atom is 0.209 e. The van der Waals surface area contributed by atoms with Gasteiger partial charge in [0.15, 0.2) is 0 Å². The van der Waals surface area contributed by atoms with Crippen LogP contribution in [0.3, 0.4) is 0 Å². The van der Waals surface area contributed by atoms with Crippen molar-refractivity contribution in [2.45, 2.75) is 25.4 Å². The molecule has 1 saturated heterocycles. The minimum Gasteiger partial charge on any atom is -0.370 e. The molecule has 1 aliphatic rings. The fourth-order valence-corrected chi connectivity index (χ4v) is 4.58. The van der Waals surface area contributed by atoms with E-state index in [2.05, 4.69) is 35.2 Å². The fourth-order valence-electron chi connectivity index (χ4n) is 3.78. The molecule has 3 N–H and O–H groups in total. The SMILES string of the molecule is C[C@H](Nc1cc(N2CCC(NS(C)(=O)=O)C2)cc(Nc2cnccn2)n1)c1ccc(F)cc1. The number of benzene rings is 1. The number of anilines is 4. The first-order valence-electron chi connectivity index (χ1n) is 10.5. The Hall–Kier alpha value is -3.31. The van der Waals surface area contributed by atoms with Gasteiger partial charge >= 0.3 is 0 Å². The van der Waals surface area contributed by atoms with Crippen molar-refractivity contribution in [2.24, 2.45) is 0 Å². The molecular weight excluding hydrogens is 445 g/mol. The van der Waals surface area contributed by atoms with Crippen molar-refractivity contribution in [3.63, 3.8) is 0 Å². The van der Waals surface area contributed by atoms with Gasteiger partial charge in [-0.05, 0) is 31.0 Å². The quantitative estimate of drug-likeness (QED) is 0.460. The minimum absolute atomic E-state index is 0.115. The lowest BCUT2D eigenvalue weighted by molar-refractivity contribution is 0.567. The molecule has 0 spiro atoms. The van der Waals surface area contributed by atoms with Crippen LogP contribution >= 0.6 is 0 Å². The zero-order valence-electron chi connectivity index (χ0n) is 18.4. The van der Waals surface area contributed by atoms with Gasteiger partial charge in [0, 0.05) is 55.4 Å². The van der Waals surface area contributed by atoms with Crippen molar-refractivity contribution in [2.75, 3.05) is 34.9 Å². The highest BCUT2D eigenvalue weighted by atomic mass is 32.2. The van der Waals surface area contributed by atoms with E-state index in [1.54, 1.807) is 30.7 Å². The topological polar surface area (TPSA) is 112 Å². The lowest BCUT2D eigenvalue weighted by Crippen LogP contribution is -2.36. The van der Waals surface area contributed by atoms with Crippen LogP contribution in [-0.4, -0.2) is 48.8 Å². The molecule has 0 radical (unpaired) electrons. The van der Waals surface area contributed by atoms with E-state index in [4.69, 9.17) is 0 Å². The van der Waals surface area contributed by atoms with Gasteiger partial charge in [0.25, 0.3) is 0 Å². The molecular formula is C22H26FN7O2S. The number of halogens is 1. The van der Waals surface area contributed by atoms with Crippen LogP contribution in [0.15, 0.2) is 55.0 Å². The molecule has 3 heterocycles. The zero-order chi connectivity index (χ0) is 23.4. The number of hydrogen-bond donors (Lipinski definition) is 3. The van der Waals surface area contributed by atoms with Gasteiger partial charge in [0.1, 0.15) is 23.3 Å². The second-order valence-corrected chi connectivity index (χ2v) is 9.83. The number of pyridine rings is 1. The third-order valence-corrected chi connectivity index (χ3v) is 6.06. The molecule has 1 aliphatic heterocycles. The Balaban J connectivity index is 1.58. The molecule has 1 unspecified atom stereocenters. The van der Waals surface area contributed by atoms with Crippen LogP contribution in [-0.2, 0) is 10.0 Å². The van der Waals surface area contributed by atoms with Gasteiger partial charge in [-0.3, -0.25) is 4.98 Å². The molecule has 2 atom stereocenters. The Bertz CT molecular complexity index is 1190. The number of sulfonamides is 1. The van der Waals surface area contributed by atoms with E-state index in [1.165, 1.54) is 18.4 Å². The summed E-state index contributed by atoms with van der Waals surface area (Å²) >= 11 is 0. The summed E-state index contributed by atoms with van der Waals surface area (Å²) in [6.45, 7) is 3.22. The maximum atomic E-state index is 13.3. The van der Waals surface area contributed by atoms with Gasteiger partial charge in [-0.15, -0.1) is 0 Å². The van der Waals surface area contributed by atoms with Gasteiger partial charge in [-0.2, -0.15) is 0 Å². The van der Waals surface area contributed by atoms with Crippen molar-refractivity contribution < 1.29 is 12.8 Å². The predicted molar refractivity (Wildman–Crippen MR) is 127 cm³/mol. The molecule has 0 amide bonds. The van der Waals surface area contributed by atoms with Crippen molar-refractivity contribution >= 4 is 33.2 Å². The van der Waals surface area contributed by atoms with Gasteiger partial charge < -0.3 is 15.5 Å². The summed E-state index contributed by atoms with van der Waals surface area (Å²) in [4.78, 5) is 15.1. The summed E-state index contributed by atoms with van der Waals surface area (Å²) in [5.41, 5.74) is 1.81. The van der Waals surface area contributed by atoms with Gasteiger partial charge in [0.2, 0.25) is 10.0 Å². The summed E-state index contributed by atoms with van der Waals surface area (Å²) in [6, 6.07) is 9.87. The number of nitrogens with zero attached hydrogens (tertiary/aromatic N) is 4. The van der Waals surface area contributed by atoms with E-state index in [9.17, 15) is 12.8 Å². The molecule has 1 aromatic carbocycles. The average Bonchev–Trinajstić information content (AvgIpc) is 3.21. The van der Waals surface area contributed by atoms with Crippen LogP contribution in [0.25, 0.3) is 0 Å². The highest BCUT2D eigenvalue weighted by molar-refractivity contribution is 7.88. The maximum absolute atomic E-state index is 13.3. The Labute approximate surface area is 192 Å². The Morgan fingerprint density at radius 2 is 1.88 bits per heavy atom. The number of aromatic nitrogens is 3. The molecule has 33 heavy (non-hydrogen) atoms. The second kappa shape index (κ2) is 9.67. The average molecular weight is 472 g/mol. The predicted octanol–water partition coefficient (Wildman–Crippen LogP) is 3.06. The van der Waals surface area contributed by atoms with Crippen molar-refractivity contribution in [3.8, 4) is 0 Å². The smallest absolute Gasteiger partial charge is 0.209 e. The summed E-state index contributed by atoms with van der Waals surface area (Å²) in [5, 5.41) is 6.53. The van der Waals surface area contributed by atoms with Gasteiger partial charge in [-0.25, -0.2) is 27.5 Å². The van der Waals surface area contributed by atoms with E-state index < -0.39 is 10.0 Å². The van der Waals surface area contributed by atoms with E-state index in [-0.39, 0.29) is 17.9 Å². The lowest BCUT2D eigenvalue weighted by atomic mass is 10.1. The van der Waals surface area contributed by atoms with Crippen LogP contribution in [0.4, 0.5) is 27.5 Å². The molecule has 174 valence electrons. The standard InChI is InChI=1S/C22H26FN7O2S/c1-15(16-3-5-17(23)6-4-16)26-20-11-19(30-10-7-18(14-30)29-33(2,31)32)12-21(27-20)28-22-13-24-8-9-25-22/h3-6,8-9,11-13,15,18,29H,7,10,14H2,1-2H3,(H2,25,26,27,28)/t15-,18?/m0/s1. The van der Waals surface area contributed by atoms with Crippen molar-refractivity contribution in [1.29, 1.82) is 0 Å². The molecule has 3 aromatic rings. The molecule has 0 bridgehead atoms. The van der Waals surface area contributed by atoms with Crippen LogP contribution in [0.2, 0.25) is 0 Å². The largest absolute Gasteiger partial charge is 0.370 e. The minimum atomic E-state index is -3.28. The number of hydrogen-bond acceptors (Lipinski definition) is 8. The van der Waals surface area contributed by atoms with E-state index in [0.29, 0.717) is 37.0 Å². The van der Waals surface area contributed by atoms with Crippen molar-refractivity contribution in [3.05, 3.63) is 66.4 Å². The van der Waals surface area contributed by atoms with Crippen LogP contribution in [0.1, 0.15) is 24.9 Å². The van der Waals surface area contributed by atoms with Crippen molar-refractivity contribution in [1.82, 2.24) is 19.7 Å². The summed E-state index contributed by atoms with van der Waals surface area (Å²) < 4.78 is 39.2. The molecule has 9 nitrogen and oxygen atoms in total. The first-order chi connectivity index (χ1) is 15.7. The van der Waals surface area contributed by atoms with E-state index >= 15 is 0 Å². The Morgan fingerprint density at radius 1 is 1.12 bits per heavy atom. The summed E-state index contributed by atoms with van der Waals surface area (Å²) in [7, 11) is -3.28. The van der Waals surface area contributed by atoms with Gasteiger partial charge in [0.05, 0.1) is 12.5 Å². The Morgan fingerprint density at radius 3 is 2.58 bits per heavy atom. The first kappa shape index (κ1) is 22.9. The summed E-state index contributed by atoms with van der Waals surface area (Å²) in [5.74, 6) is 1.46. The van der Waals surface area contributed by atoms with Crippen LogP contribution in [0.5, 0.6) is 0 Å². The fraction of sp³-hybridized carbons (Fsp3) is 0.318. The third kappa shape index (κ3) is 6.36. The second-order valence-electron chi connectivity index (χ2n) is 8.05. The molecule has 4 rings (SSSR count). The van der Waals surface area contributed by atoms with E-state index in [1.807, 2.05) is 19.1 Å². The highest BCUT2D eigenvalue weighted by Crippen LogP contribution is 2.29. The number of nitrogens with one attached hydrogen (secondary N) is 3.